The molecule has 0 bridgehead atoms. The van der Waals surface area contributed by atoms with Crippen LogP contribution in [0.25, 0.3) is 0 Å². The molecular weight excluding hydrogens is 373 g/mol. The summed E-state index contributed by atoms with van der Waals surface area (Å²) in [6.45, 7) is 4.52. The molecule has 0 amide bonds. The molecule has 2 aromatic rings. The summed E-state index contributed by atoms with van der Waals surface area (Å²) in [5.41, 5.74) is 2.75. The lowest BCUT2D eigenvalue weighted by molar-refractivity contribution is -0.0172. The lowest BCUT2D eigenvalue weighted by Gasteiger charge is -2.23. The van der Waals surface area contributed by atoms with Gasteiger partial charge < -0.3 is 24.4 Å². The number of ether oxygens (including phenoxy) is 3. The Labute approximate surface area is 171 Å². The standard InChI is InChI=1S/C22H28FN3O3/c1-4-28-20-7-5-16(6-8-20)13-26(3)22(24-2)25-10-9-17-11-19(23)12-18-14-27-15-29-21(17)18/h5-8,11-12H,4,9-10,13-15H2,1-3H3,(H,24,25). The van der Waals surface area contributed by atoms with Gasteiger partial charge in [-0.1, -0.05) is 12.1 Å². The Bertz CT molecular complexity index is 840. The van der Waals surface area contributed by atoms with E-state index < -0.39 is 0 Å². The number of hydrogen-bond donors (Lipinski definition) is 1. The summed E-state index contributed by atoms with van der Waals surface area (Å²) in [5, 5.41) is 3.34. The van der Waals surface area contributed by atoms with Gasteiger partial charge in [-0.3, -0.25) is 4.99 Å². The first-order valence-corrected chi connectivity index (χ1v) is 9.76. The third kappa shape index (κ3) is 5.60. The van der Waals surface area contributed by atoms with E-state index >= 15 is 0 Å². The van der Waals surface area contributed by atoms with Crippen molar-refractivity contribution in [2.24, 2.45) is 4.99 Å². The molecule has 1 N–H and O–H groups in total. The molecule has 1 heterocycles. The number of hydrogen-bond acceptors (Lipinski definition) is 4. The van der Waals surface area contributed by atoms with Gasteiger partial charge in [0.2, 0.25) is 0 Å². The van der Waals surface area contributed by atoms with Crippen molar-refractivity contribution >= 4 is 5.96 Å². The Morgan fingerprint density at radius 1 is 1.28 bits per heavy atom. The van der Waals surface area contributed by atoms with Crippen molar-refractivity contribution in [1.82, 2.24) is 10.2 Å². The molecule has 1 aliphatic heterocycles. The molecule has 0 unspecified atom stereocenters. The van der Waals surface area contributed by atoms with E-state index in [1.54, 1.807) is 7.05 Å². The van der Waals surface area contributed by atoms with Crippen molar-refractivity contribution in [3.05, 3.63) is 58.9 Å². The molecule has 0 saturated heterocycles. The first-order chi connectivity index (χ1) is 14.1. The lowest BCUT2D eigenvalue weighted by Crippen LogP contribution is -2.39. The minimum absolute atomic E-state index is 0.200. The van der Waals surface area contributed by atoms with Crippen molar-refractivity contribution in [2.45, 2.75) is 26.5 Å². The van der Waals surface area contributed by atoms with E-state index in [-0.39, 0.29) is 12.6 Å². The second-order valence-electron chi connectivity index (χ2n) is 6.82. The van der Waals surface area contributed by atoms with Crippen LogP contribution in [0.2, 0.25) is 0 Å². The average Bonchev–Trinajstić information content (AvgIpc) is 2.72. The quantitative estimate of drug-likeness (QED) is 0.570. The van der Waals surface area contributed by atoms with Gasteiger partial charge in [-0.25, -0.2) is 4.39 Å². The van der Waals surface area contributed by atoms with Crippen molar-refractivity contribution in [1.29, 1.82) is 0 Å². The number of benzene rings is 2. The van der Waals surface area contributed by atoms with Gasteiger partial charge in [0.05, 0.1) is 13.2 Å². The summed E-state index contributed by atoms with van der Waals surface area (Å²) in [7, 11) is 3.73. The minimum atomic E-state index is -0.273. The zero-order chi connectivity index (χ0) is 20.6. The normalized spacial score (nSPS) is 13.4. The summed E-state index contributed by atoms with van der Waals surface area (Å²) in [5.74, 6) is 2.10. The number of aliphatic imine (C=N–C) groups is 1. The number of guanidine groups is 1. The average molecular weight is 401 g/mol. The smallest absolute Gasteiger partial charge is 0.193 e. The minimum Gasteiger partial charge on any atom is -0.494 e. The summed E-state index contributed by atoms with van der Waals surface area (Å²) >= 11 is 0. The Kier molecular flexibility index (Phi) is 7.30. The van der Waals surface area contributed by atoms with E-state index in [0.717, 1.165) is 34.1 Å². The maximum Gasteiger partial charge on any atom is 0.193 e. The predicted molar refractivity (Wildman–Crippen MR) is 111 cm³/mol. The lowest BCUT2D eigenvalue weighted by atomic mass is 10.1. The van der Waals surface area contributed by atoms with E-state index in [1.807, 2.05) is 43.1 Å². The highest BCUT2D eigenvalue weighted by atomic mass is 19.1. The van der Waals surface area contributed by atoms with Crippen LogP contribution >= 0.6 is 0 Å². The number of nitrogens with zero attached hydrogens (tertiary/aromatic N) is 2. The van der Waals surface area contributed by atoms with Gasteiger partial charge in [-0.2, -0.15) is 0 Å². The fourth-order valence-electron chi connectivity index (χ4n) is 3.34. The Hall–Kier alpha value is -2.80. The van der Waals surface area contributed by atoms with E-state index in [9.17, 15) is 4.39 Å². The van der Waals surface area contributed by atoms with Gasteiger partial charge in [-0.15, -0.1) is 0 Å². The number of rotatable bonds is 7. The van der Waals surface area contributed by atoms with Gasteiger partial charge in [0.1, 0.15) is 17.3 Å². The third-order valence-corrected chi connectivity index (χ3v) is 4.66. The Balaban J connectivity index is 1.56. The Morgan fingerprint density at radius 3 is 2.79 bits per heavy atom. The zero-order valence-corrected chi connectivity index (χ0v) is 17.2. The summed E-state index contributed by atoms with van der Waals surface area (Å²) in [4.78, 5) is 6.39. The molecule has 0 atom stereocenters. The molecule has 156 valence electrons. The third-order valence-electron chi connectivity index (χ3n) is 4.66. The summed E-state index contributed by atoms with van der Waals surface area (Å²) in [6, 6.07) is 11.0. The maximum absolute atomic E-state index is 13.9. The largest absolute Gasteiger partial charge is 0.494 e. The fourth-order valence-corrected chi connectivity index (χ4v) is 3.34. The van der Waals surface area contributed by atoms with Crippen LogP contribution in [0.1, 0.15) is 23.6 Å². The molecule has 29 heavy (non-hydrogen) atoms. The van der Waals surface area contributed by atoms with Crippen LogP contribution in [0.5, 0.6) is 11.5 Å². The van der Waals surface area contributed by atoms with Crippen LogP contribution < -0.4 is 14.8 Å². The van der Waals surface area contributed by atoms with Gasteiger partial charge in [0.15, 0.2) is 12.8 Å². The van der Waals surface area contributed by atoms with E-state index in [4.69, 9.17) is 14.2 Å². The topological polar surface area (TPSA) is 55.3 Å². The van der Waals surface area contributed by atoms with Gasteiger partial charge in [0, 0.05) is 32.7 Å². The van der Waals surface area contributed by atoms with Crippen LogP contribution in [-0.2, 0) is 24.3 Å². The molecule has 0 aromatic heterocycles. The molecule has 0 fully saturated rings. The van der Waals surface area contributed by atoms with Gasteiger partial charge in [0.25, 0.3) is 0 Å². The van der Waals surface area contributed by atoms with Crippen molar-refractivity contribution in [3.63, 3.8) is 0 Å². The van der Waals surface area contributed by atoms with Crippen LogP contribution in [0, 0.1) is 5.82 Å². The molecule has 0 spiro atoms. The molecule has 2 aromatic carbocycles. The van der Waals surface area contributed by atoms with Gasteiger partial charge in [-0.05, 0) is 48.7 Å². The van der Waals surface area contributed by atoms with Crippen LogP contribution in [0.15, 0.2) is 41.4 Å². The molecule has 6 nitrogen and oxygen atoms in total. The predicted octanol–water partition coefficient (Wildman–Crippen LogP) is 3.34. The highest BCUT2D eigenvalue weighted by Gasteiger charge is 2.17. The molecule has 3 rings (SSSR count). The SMILES string of the molecule is CCOc1ccc(CN(C)C(=NC)NCCc2cc(F)cc3c2OCOC3)cc1. The van der Waals surface area contributed by atoms with Crippen LogP contribution in [0.4, 0.5) is 4.39 Å². The van der Waals surface area contributed by atoms with Crippen molar-refractivity contribution in [2.75, 3.05) is 34.0 Å². The summed E-state index contributed by atoms with van der Waals surface area (Å²) in [6.07, 6.45) is 0.621. The number of nitrogens with one attached hydrogen (secondary N) is 1. The van der Waals surface area contributed by atoms with Crippen LogP contribution in [-0.4, -0.2) is 44.9 Å². The van der Waals surface area contributed by atoms with Gasteiger partial charge >= 0.3 is 0 Å². The molecule has 7 heteroatoms. The number of fused-ring (bicyclic) bond motifs is 1. The maximum atomic E-state index is 13.9. The summed E-state index contributed by atoms with van der Waals surface area (Å²) < 4.78 is 30.2. The zero-order valence-electron chi connectivity index (χ0n) is 17.2. The van der Waals surface area contributed by atoms with Crippen molar-refractivity contribution < 1.29 is 18.6 Å². The molecule has 1 aliphatic rings. The van der Waals surface area contributed by atoms with E-state index in [2.05, 4.69) is 10.3 Å². The first-order valence-electron chi connectivity index (χ1n) is 9.76. The van der Waals surface area contributed by atoms with E-state index in [1.165, 1.54) is 12.1 Å². The second-order valence-corrected chi connectivity index (χ2v) is 6.82. The number of halogens is 1. The molecule has 0 radical (unpaired) electrons. The first kappa shape index (κ1) is 20.9. The monoisotopic (exact) mass is 401 g/mol. The second kappa shape index (κ2) is 10.1. The molecule has 0 saturated carbocycles. The van der Waals surface area contributed by atoms with Crippen LogP contribution in [0.3, 0.4) is 0 Å². The molecular formula is C22H28FN3O3. The fraction of sp³-hybridized carbons (Fsp3) is 0.409. The van der Waals surface area contributed by atoms with E-state index in [0.29, 0.717) is 32.7 Å². The van der Waals surface area contributed by atoms with Crippen molar-refractivity contribution in [3.8, 4) is 11.5 Å². The highest BCUT2D eigenvalue weighted by molar-refractivity contribution is 5.79. The molecule has 0 aliphatic carbocycles. The highest BCUT2D eigenvalue weighted by Crippen LogP contribution is 2.29. The Morgan fingerprint density at radius 2 is 2.07 bits per heavy atom.